The average Bonchev–Trinajstić information content (AvgIpc) is 2.51. The van der Waals surface area contributed by atoms with Gasteiger partial charge in [-0.25, -0.2) is 0 Å². The number of rotatable bonds is 1. The molecule has 0 radical (unpaired) electrons. The summed E-state index contributed by atoms with van der Waals surface area (Å²) in [6.07, 6.45) is -0.514. The largest absolute Gasteiger partial charge is 0.412 e. The number of nitrogens with two attached hydrogens (primary N) is 1. The molecule has 0 aromatic heterocycles. The van der Waals surface area contributed by atoms with E-state index in [4.69, 9.17) is 38.5 Å². The summed E-state index contributed by atoms with van der Waals surface area (Å²) in [6, 6.07) is 4.85. The molecule has 0 saturated carbocycles. The number of hydroxylamine groups is 2. The summed E-state index contributed by atoms with van der Waals surface area (Å²) in [5.41, 5.74) is 5.56. The van der Waals surface area contributed by atoms with Crippen molar-refractivity contribution in [2.75, 3.05) is 7.05 Å². The molecule has 1 unspecified atom stereocenters. The lowest BCUT2D eigenvalue weighted by Gasteiger charge is -2.11. The molecule has 1 aromatic rings. The number of halogens is 2. The van der Waals surface area contributed by atoms with Gasteiger partial charge in [0.2, 0.25) is 0 Å². The molecule has 0 amide bonds. The fraction of sp³-hybridized carbons (Fsp3) is 0.222. The SMILES string of the molecule is CN1OC(Oc2ccc(Cl)cc2Cl)=NC1N. The van der Waals surface area contributed by atoms with E-state index in [1.54, 1.807) is 25.2 Å². The van der Waals surface area contributed by atoms with Crippen LogP contribution in [-0.2, 0) is 4.84 Å². The second kappa shape index (κ2) is 4.47. The second-order valence-electron chi connectivity index (χ2n) is 3.12. The highest BCUT2D eigenvalue weighted by Crippen LogP contribution is 2.28. The van der Waals surface area contributed by atoms with E-state index in [2.05, 4.69) is 4.99 Å². The maximum Gasteiger partial charge on any atom is 0.412 e. The van der Waals surface area contributed by atoms with Crippen LogP contribution < -0.4 is 10.5 Å². The zero-order valence-electron chi connectivity index (χ0n) is 8.35. The molecule has 2 rings (SSSR count). The van der Waals surface area contributed by atoms with E-state index in [-0.39, 0.29) is 6.08 Å². The van der Waals surface area contributed by atoms with Gasteiger partial charge in [-0.3, -0.25) is 5.73 Å². The first kappa shape index (κ1) is 11.5. The Kier molecular flexibility index (Phi) is 3.20. The molecule has 5 nitrogen and oxygen atoms in total. The molecule has 1 aliphatic rings. The third-order valence-corrected chi connectivity index (χ3v) is 2.45. The van der Waals surface area contributed by atoms with Gasteiger partial charge in [0, 0.05) is 12.1 Å². The number of nitrogens with zero attached hydrogens (tertiary/aromatic N) is 2. The summed E-state index contributed by atoms with van der Waals surface area (Å²) in [5, 5.41) is 2.27. The molecule has 1 aromatic carbocycles. The fourth-order valence-electron chi connectivity index (χ4n) is 1.09. The third-order valence-electron chi connectivity index (χ3n) is 1.92. The van der Waals surface area contributed by atoms with E-state index in [0.29, 0.717) is 15.8 Å². The monoisotopic (exact) mass is 261 g/mol. The van der Waals surface area contributed by atoms with Crippen molar-refractivity contribution in [1.82, 2.24) is 5.06 Å². The van der Waals surface area contributed by atoms with Gasteiger partial charge in [0.25, 0.3) is 0 Å². The molecule has 1 atom stereocenters. The van der Waals surface area contributed by atoms with Crippen LogP contribution in [0, 0.1) is 0 Å². The summed E-state index contributed by atoms with van der Waals surface area (Å²) in [4.78, 5) is 9.02. The minimum absolute atomic E-state index is 0.0548. The molecule has 0 aliphatic carbocycles. The van der Waals surface area contributed by atoms with Crippen LogP contribution >= 0.6 is 23.2 Å². The van der Waals surface area contributed by atoms with Crippen LogP contribution in [0.2, 0.25) is 10.0 Å². The average molecular weight is 262 g/mol. The molecule has 86 valence electrons. The van der Waals surface area contributed by atoms with Crippen molar-refractivity contribution in [3.63, 3.8) is 0 Å². The number of ether oxygens (including phenoxy) is 1. The Labute approximate surface area is 102 Å². The van der Waals surface area contributed by atoms with Crippen molar-refractivity contribution in [3.05, 3.63) is 28.2 Å². The van der Waals surface area contributed by atoms with Crippen LogP contribution in [-0.4, -0.2) is 24.5 Å². The van der Waals surface area contributed by atoms with Gasteiger partial charge < -0.3 is 9.57 Å². The first-order chi connectivity index (χ1) is 7.56. The van der Waals surface area contributed by atoms with Gasteiger partial charge in [0.05, 0.1) is 5.02 Å². The van der Waals surface area contributed by atoms with Crippen molar-refractivity contribution in [1.29, 1.82) is 0 Å². The highest BCUT2D eigenvalue weighted by atomic mass is 35.5. The van der Waals surface area contributed by atoms with Crippen LogP contribution in [0.25, 0.3) is 0 Å². The van der Waals surface area contributed by atoms with Crippen LogP contribution in [0.1, 0.15) is 0 Å². The van der Waals surface area contributed by atoms with Gasteiger partial charge in [-0.1, -0.05) is 23.2 Å². The quantitative estimate of drug-likeness (QED) is 0.839. The van der Waals surface area contributed by atoms with E-state index < -0.39 is 6.29 Å². The molecule has 1 heterocycles. The van der Waals surface area contributed by atoms with Crippen molar-refractivity contribution >= 4 is 29.3 Å². The first-order valence-electron chi connectivity index (χ1n) is 4.43. The maximum atomic E-state index is 5.92. The Hall–Kier alpha value is -1.01. The maximum absolute atomic E-state index is 5.92. The number of hydrogen-bond acceptors (Lipinski definition) is 5. The second-order valence-corrected chi connectivity index (χ2v) is 3.97. The summed E-state index contributed by atoms with van der Waals surface area (Å²) in [5.74, 6) is 0.410. The van der Waals surface area contributed by atoms with Crippen LogP contribution in [0.5, 0.6) is 5.75 Å². The van der Waals surface area contributed by atoms with Crippen LogP contribution in [0.4, 0.5) is 0 Å². The molecule has 2 N–H and O–H groups in total. The van der Waals surface area contributed by atoms with Gasteiger partial charge in [-0.15, -0.1) is 5.06 Å². The van der Waals surface area contributed by atoms with Gasteiger partial charge in [0.1, 0.15) is 0 Å². The summed E-state index contributed by atoms with van der Waals surface area (Å²) in [6.45, 7) is 0. The summed E-state index contributed by atoms with van der Waals surface area (Å²) >= 11 is 11.7. The molecule has 7 heteroatoms. The predicted octanol–water partition coefficient (Wildman–Crippen LogP) is 1.85. The van der Waals surface area contributed by atoms with Crippen molar-refractivity contribution in [3.8, 4) is 5.75 Å². The predicted molar refractivity (Wildman–Crippen MR) is 61.3 cm³/mol. The zero-order chi connectivity index (χ0) is 11.7. The van der Waals surface area contributed by atoms with Gasteiger partial charge in [-0.05, 0) is 18.2 Å². The van der Waals surface area contributed by atoms with E-state index in [1.807, 2.05) is 0 Å². The Morgan fingerprint density at radius 1 is 1.50 bits per heavy atom. The minimum Gasteiger partial charge on any atom is -0.409 e. The van der Waals surface area contributed by atoms with Crippen LogP contribution in [0.15, 0.2) is 23.2 Å². The topological polar surface area (TPSA) is 60.1 Å². The Morgan fingerprint density at radius 3 is 2.81 bits per heavy atom. The highest BCUT2D eigenvalue weighted by molar-refractivity contribution is 6.35. The smallest absolute Gasteiger partial charge is 0.409 e. The molecule has 0 spiro atoms. The molecule has 1 aliphatic heterocycles. The summed E-state index contributed by atoms with van der Waals surface area (Å²) in [7, 11) is 1.65. The van der Waals surface area contributed by atoms with Gasteiger partial charge >= 0.3 is 6.08 Å². The lowest BCUT2D eigenvalue weighted by molar-refractivity contribution is -0.0676. The van der Waals surface area contributed by atoms with Gasteiger partial charge in [-0.2, -0.15) is 4.99 Å². The Bertz CT molecular complexity index is 439. The summed E-state index contributed by atoms with van der Waals surface area (Å²) < 4.78 is 5.32. The van der Waals surface area contributed by atoms with E-state index >= 15 is 0 Å². The molecule has 0 saturated heterocycles. The van der Waals surface area contributed by atoms with E-state index in [9.17, 15) is 0 Å². The van der Waals surface area contributed by atoms with Crippen molar-refractivity contribution < 1.29 is 9.57 Å². The first-order valence-corrected chi connectivity index (χ1v) is 5.19. The molecule has 16 heavy (non-hydrogen) atoms. The molecule has 0 bridgehead atoms. The normalized spacial score (nSPS) is 20.5. The number of benzene rings is 1. The Morgan fingerprint density at radius 2 is 2.25 bits per heavy atom. The molecular weight excluding hydrogens is 253 g/mol. The number of hydrogen-bond donors (Lipinski definition) is 1. The lowest BCUT2D eigenvalue weighted by Crippen LogP contribution is -2.32. The molecule has 0 fully saturated rings. The lowest BCUT2D eigenvalue weighted by atomic mass is 10.3. The Balaban J connectivity index is 2.13. The van der Waals surface area contributed by atoms with E-state index in [1.165, 1.54) is 5.06 Å². The van der Waals surface area contributed by atoms with Crippen molar-refractivity contribution in [2.24, 2.45) is 10.7 Å². The standard InChI is InChI=1S/C9H9Cl2N3O2/c1-14-8(12)13-9(16-14)15-7-3-2-5(10)4-6(7)11/h2-4,8H,12H2,1H3. The molecular formula is C9H9Cl2N3O2. The van der Waals surface area contributed by atoms with E-state index in [0.717, 1.165) is 0 Å². The third kappa shape index (κ3) is 2.38. The van der Waals surface area contributed by atoms with Gasteiger partial charge in [0.15, 0.2) is 12.0 Å². The van der Waals surface area contributed by atoms with Crippen LogP contribution in [0.3, 0.4) is 0 Å². The fourth-order valence-corrected chi connectivity index (χ4v) is 1.53. The zero-order valence-corrected chi connectivity index (χ0v) is 9.87. The van der Waals surface area contributed by atoms with Crippen molar-refractivity contribution in [2.45, 2.75) is 6.29 Å². The highest BCUT2D eigenvalue weighted by Gasteiger charge is 2.24. The minimum atomic E-state index is -0.568. The number of aliphatic imine (C=N–C) groups is 1.